The quantitative estimate of drug-likeness (QED) is 0.870. The Morgan fingerprint density at radius 3 is 2.81 bits per heavy atom. The first-order valence-electron chi connectivity index (χ1n) is 4.80. The maximum atomic E-state index is 11.8. The van der Waals surface area contributed by atoms with Crippen LogP contribution >= 0.6 is 11.6 Å². The lowest BCUT2D eigenvalue weighted by molar-refractivity contribution is 0.0766. The van der Waals surface area contributed by atoms with Crippen LogP contribution < -0.4 is 4.74 Å². The first-order valence-corrected chi connectivity index (χ1v) is 5.17. The number of rotatable bonds is 4. The molecule has 0 heterocycles. The lowest BCUT2D eigenvalue weighted by Crippen LogP contribution is -2.29. The summed E-state index contributed by atoms with van der Waals surface area (Å²) in [5.41, 5.74) is 0.484. The minimum absolute atomic E-state index is 0.0625. The standard InChI is InChI=1S/C11H14ClNO3/c1-13(5-6-14)11(15)8-3-4-9(12)10(7-8)16-2/h3-4,7,14H,5-6H2,1-2H3. The second-order valence-corrected chi connectivity index (χ2v) is 3.71. The van der Waals surface area contributed by atoms with Crippen molar-refractivity contribution >= 4 is 17.5 Å². The molecule has 1 amide bonds. The Balaban J connectivity index is 2.92. The van der Waals surface area contributed by atoms with Gasteiger partial charge < -0.3 is 14.7 Å². The molecule has 0 aliphatic rings. The Hall–Kier alpha value is -1.26. The van der Waals surface area contributed by atoms with Gasteiger partial charge in [-0.25, -0.2) is 0 Å². The summed E-state index contributed by atoms with van der Waals surface area (Å²) in [6, 6.07) is 4.82. The number of amides is 1. The zero-order valence-electron chi connectivity index (χ0n) is 9.24. The van der Waals surface area contributed by atoms with E-state index in [1.807, 2.05) is 0 Å². The molecule has 88 valence electrons. The summed E-state index contributed by atoms with van der Waals surface area (Å²) in [5.74, 6) is 0.286. The molecular formula is C11H14ClNO3. The number of hydrogen-bond acceptors (Lipinski definition) is 3. The van der Waals surface area contributed by atoms with Crippen LogP contribution in [0.2, 0.25) is 5.02 Å². The molecule has 0 aromatic heterocycles. The van der Waals surface area contributed by atoms with Crippen molar-refractivity contribution in [3.8, 4) is 5.75 Å². The predicted molar refractivity (Wildman–Crippen MR) is 62.1 cm³/mol. The molecule has 0 saturated carbocycles. The fourth-order valence-corrected chi connectivity index (χ4v) is 1.46. The molecule has 0 radical (unpaired) electrons. The van der Waals surface area contributed by atoms with Crippen LogP contribution in [0, 0.1) is 0 Å². The number of benzene rings is 1. The Kier molecular flexibility index (Phi) is 4.58. The number of aliphatic hydroxyl groups is 1. The fraction of sp³-hybridized carbons (Fsp3) is 0.364. The molecule has 0 aliphatic heterocycles. The van der Waals surface area contributed by atoms with E-state index in [2.05, 4.69) is 0 Å². The van der Waals surface area contributed by atoms with E-state index >= 15 is 0 Å². The molecule has 1 rings (SSSR count). The number of carbonyl (C=O) groups is 1. The molecule has 1 aromatic rings. The zero-order chi connectivity index (χ0) is 12.1. The molecule has 5 heteroatoms. The van der Waals surface area contributed by atoms with Gasteiger partial charge in [0.1, 0.15) is 5.75 Å². The molecule has 0 atom stereocenters. The monoisotopic (exact) mass is 243 g/mol. The van der Waals surface area contributed by atoms with Gasteiger partial charge in [0, 0.05) is 19.2 Å². The van der Waals surface area contributed by atoms with Crippen LogP contribution in [0.25, 0.3) is 0 Å². The number of methoxy groups -OCH3 is 1. The van der Waals surface area contributed by atoms with Crippen LogP contribution in [-0.2, 0) is 0 Å². The van der Waals surface area contributed by atoms with E-state index in [9.17, 15) is 4.79 Å². The highest BCUT2D eigenvalue weighted by Gasteiger charge is 2.13. The molecule has 0 spiro atoms. The van der Waals surface area contributed by atoms with E-state index in [4.69, 9.17) is 21.4 Å². The molecule has 4 nitrogen and oxygen atoms in total. The van der Waals surface area contributed by atoms with Crippen molar-refractivity contribution in [2.45, 2.75) is 0 Å². The van der Waals surface area contributed by atoms with Crippen molar-refractivity contribution in [2.24, 2.45) is 0 Å². The van der Waals surface area contributed by atoms with Crippen LogP contribution in [0.4, 0.5) is 0 Å². The number of hydrogen-bond donors (Lipinski definition) is 1. The first-order chi connectivity index (χ1) is 7.60. The highest BCUT2D eigenvalue weighted by atomic mass is 35.5. The summed E-state index contributed by atoms with van der Waals surface area (Å²) in [7, 11) is 3.12. The highest BCUT2D eigenvalue weighted by molar-refractivity contribution is 6.32. The van der Waals surface area contributed by atoms with Crippen molar-refractivity contribution in [1.82, 2.24) is 4.90 Å². The summed E-state index contributed by atoms with van der Waals surface area (Å²) >= 11 is 5.85. The van der Waals surface area contributed by atoms with Crippen LogP contribution in [0.3, 0.4) is 0 Å². The van der Waals surface area contributed by atoms with Gasteiger partial charge in [-0.3, -0.25) is 4.79 Å². The first kappa shape index (κ1) is 12.8. The van der Waals surface area contributed by atoms with Crippen LogP contribution in [0.1, 0.15) is 10.4 Å². The van der Waals surface area contributed by atoms with Gasteiger partial charge in [-0.2, -0.15) is 0 Å². The van der Waals surface area contributed by atoms with Gasteiger partial charge in [0.05, 0.1) is 18.7 Å². The average molecular weight is 244 g/mol. The van der Waals surface area contributed by atoms with Gasteiger partial charge in [-0.1, -0.05) is 11.6 Å². The summed E-state index contributed by atoms with van der Waals surface area (Å²) in [5, 5.41) is 9.20. The lowest BCUT2D eigenvalue weighted by atomic mass is 10.2. The number of ether oxygens (including phenoxy) is 1. The summed E-state index contributed by atoms with van der Waals surface area (Å²) in [4.78, 5) is 13.3. The lowest BCUT2D eigenvalue weighted by Gasteiger charge is -2.16. The second-order valence-electron chi connectivity index (χ2n) is 3.30. The van der Waals surface area contributed by atoms with Crippen molar-refractivity contribution in [3.05, 3.63) is 28.8 Å². The summed E-state index contributed by atoms with van der Waals surface area (Å²) in [6.45, 7) is 0.233. The topological polar surface area (TPSA) is 49.8 Å². The van der Waals surface area contributed by atoms with Crippen molar-refractivity contribution in [3.63, 3.8) is 0 Å². The molecule has 0 bridgehead atoms. The van der Waals surface area contributed by atoms with Crippen LogP contribution in [0.5, 0.6) is 5.75 Å². The maximum absolute atomic E-state index is 11.8. The van der Waals surface area contributed by atoms with Crippen LogP contribution in [-0.4, -0.2) is 43.2 Å². The molecule has 1 N–H and O–H groups in total. The molecule has 0 fully saturated rings. The zero-order valence-corrected chi connectivity index (χ0v) is 9.99. The van der Waals surface area contributed by atoms with Gasteiger partial charge in [0.25, 0.3) is 5.91 Å². The van der Waals surface area contributed by atoms with Crippen LogP contribution in [0.15, 0.2) is 18.2 Å². The predicted octanol–water partition coefficient (Wildman–Crippen LogP) is 1.41. The average Bonchev–Trinajstić information content (AvgIpc) is 2.29. The molecular weight excluding hydrogens is 230 g/mol. The van der Waals surface area contributed by atoms with E-state index in [0.29, 0.717) is 22.9 Å². The SMILES string of the molecule is COc1cc(C(=O)N(C)CCO)ccc1Cl. The number of likely N-dealkylation sites (N-methyl/N-ethyl adjacent to an activating group) is 1. The number of carbonyl (C=O) groups excluding carboxylic acids is 1. The summed E-state index contributed by atoms with van der Waals surface area (Å²) in [6.07, 6.45) is 0. The molecule has 1 aromatic carbocycles. The number of halogens is 1. The van der Waals surface area contributed by atoms with E-state index < -0.39 is 0 Å². The Labute approximate surface area is 99.4 Å². The van der Waals surface area contributed by atoms with Gasteiger partial charge in [-0.05, 0) is 18.2 Å². The third-order valence-electron chi connectivity index (χ3n) is 2.18. The highest BCUT2D eigenvalue weighted by Crippen LogP contribution is 2.25. The maximum Gasteiger partial charge on any atom is 0.253 e. The Morgan fingerprint density at radius 1 is 1.56 bits per heavy atom. The third kappa shape index (κ3) is 2.87. The van der Waals surface area contributed by atoms with Crippen molar-refractivity contribution in [2.75, 3.05) is 27.3 Å². The summed E-state index contributed by atoms with van der Waals surface area (Å²) < 4.78 is 5.02. The van der Waals surface area contributed by atoms with Gasteiger partial charge in [0.2, 0.25) is 0 Å². The van der Waals surface area contributed by atoms with E-state index in [-0.39, 0.29) is 12.5 Å². The Bertz CT molecular complexity index is 381. The normalized spacial score (nSPS) is 10.0. The van der Waals surface area contributed by atoms with Crippen molar-refractivity contribution < 1.29 is 14.6 Å². The number of aliphatic hydroxyl groups excluding tert-OH is 1. The molecule has 0 saturated heterocycles. The fourth-order valence-electron chi connectivity index (χ4n) is 1.26. The largest absolute Gasteiger partial charge is 0.495 e. The number of nitrogens with zero attached hydrogens (tertiary/aromatic N) is 1. The van der Waals surface area contributed by atoms with Gasteiger partial charge >= 0.3 is 0 Å². The van der Waals surface area contributed by atoms with E-state index in [0.717, 1.165) is 0 Å². The van der Waals surface area contributed by atoms with E-state index in [1.165, 1.54) is 12.0 Å². The van der Waals surface area contributed by atoms with Gasteiger partial charge in [-0.15, -0.1) is 0 Å². The Morgan fingerprint density at radius 2 is 2.25 bits per heavy atom. The van der Waals surface area contributed by atoms with E-state index in [1.54, 1.807) is 25.2 Å². The minimum atomic E-state index is -0.177. The molecule has 0 aliphatic carbocycles. The smallest absolute Gasteiger partial charge is 0.253 e. The minimum Gasteiger partial charge on any atom is -0.495 e. The second kappa shape index (κ2) is 5.72. The third-order valence-corrected chi connectivity index (χ3v) is 2.49. The van der Waals surface area contributed by atoms with Crippen molar-refractivity contribution in [1.29, 1.82) is 0 Å². The molecule has 0 unspecified atom stereocenters. The molecule has 16 heavy (non-hydrogen) atoms. The van der Waals surface area contributed by atoms with Gasteiger partial charge in [0.15, 0.2) is 0 Å².